The van der Waals surface area contributed by atoms with Crippen LogP contribution in [0.2, 0.25) is 0 Å². The lowest BCUT2D eigenvalue weighted by atomic mass is 10.2. The third-order valence-electron chi connectivity index (χ3n) is 2.96. The van der Waals surface area contributed by atoms with Gasteiger partial charge in [-0.25, -0.2) is 9.97 Å². The fraction of sp³-hybridized carbons (Fsp3) is 0.400. The summed E-state index contributed by atoms with van der Waals surface area (Å²) in [4.78, 5) is 31.0. The van der Waals surface area contributed by atoms with Crippen LogP contribution >= 0.6 is 0 Å². The van der Waals surface area contributed by atoms with Crippen molar-refractivity contribution < 1.29 is 22.8 Å². The molecule has 1 fully saturated rings. The maximum absolute atomic E-state index is 12.5. The summed E-state index contributed by atoms with van der Waals surface area (Å²) in [6.45, 7) is 0. The molecule has 2 N–H and O–H groups in total. The number of nitrogens with zero attached hydrogens (tertiary/aromatic N) is 3. The molecule has 1 aromatic rings. The average molecular weight is 272 g/mol. The lowest BCUT2D eigenvalue weighted by molar-refractivity contribution is -0.144. The molecule has 0 unspecified atom stereocenters. The van der Waals surface area contributed by atoms with Gasteiger partial charge in [-0.3, -0.25) is 14.5 Å². The Hall–Kier alpha value is -2.19. The molecule has 1 saturated carbocycles. The number of hydrogen-bond acceptors (Lipinski definition) is 5. The number of nitrogen functional groups attached to an aromatic ring is 1. The van der Waals surface area contributed by atoms with Gasteiger partial charge in [0.05, 0.1) is 0 Å². The van der Waals surface area contributed by atoms with Crippen molar-refractivity contribution in [3.8, 4) is 0 Å². The van der Waals surface area contributed by atoms with Crippen LogP contribution in [0.1, 0.15) is 39.5 Å². The number of imide groups is 1. The highest BCUT2D eigenvalue weighted by molar-refractivity contribution is 6.22. The van der Waals surface area contributed by atoms with Crippen LogP contribution in [0.3, 0.4) is 0 Å². The summed E-state index contributed by atoms with van der Waals surface area (Å²) in [5, 5.41) is 0. The van der Waals surface area contributed by atoms with Gasteiger partial charge in [-0.05, 0) is 12.8 Å². The molecule has 1 aliphatic carbocycles. The van der Waals surface area contributed by atoms with E-state index < -0.39 is 35.3 Å². The topological polar surface area (TPSA) is 89.2 Å². The molecule has 0 radical (unpaired) electrons. The van der Waals surface area contributed by atoms with Crippen LogP contribution in [0.5, 0.6) is 0 Å². The summed E-state index contributed by atoms with van der Waals surface area (Å²) >= 11 is 0. The van der Waals surface area contributed by atoms with Crippen LogP contribution in [0.4, 0.5) is 19.0 Å². The minimum Gasteiger partial charge on any atom is -0.383 e. The number of fused-ring (bicyclic) bond motifs is 1. The zero-order valence-electron chi connectivity index (χ0n) is 9.36. The number of anilines is 1. The molecule has 100 valence electrons. The summed E-state index contributed by atoms with van der Waals surface area (Å²) in [6.07, 6.45) is -3.53. The summed E-state index contributed by atoms with van der Waals surface area (Å²) < 4.78 is 37.6. The largest absolute Gasteiger partial charge is 0.451 e. The van der Waals surface area contributed by atoms with Crippen molar-refractivity contribution in [1.29, 1.82) is 0 Å². The molecule has 0 atom stereocenters. The van der Waals surface area contributed by atoms with Crippen molar-refractivity contribution in [2.75, 3.05) is 5.73 Å². The molecule has 1 aromatic heterocycles. The second kappa shape index (κ2) is 3.43. The lowest BCUT2D eigenvalue weighted by Gasteiger charge is -2.10. The van der Waals surface area contributed by atoms with E-state index in [9.17, 15) is 22.8 Å². The Morgan fingerprint density at radius 2 is 1.79 bits per heavy atom. The maximum Gasteiger partial charge on any atom is 0.451 e. The molecule has 0 spiro atoms. The smallest absolute Gasteiger partial charge is 0.383 e. The van der Waals surface area contributed by atoms with E-state index in [0.717, 1.165) is 4.90 Å². The van der Waals surface area contributed by atoms with Gasteiger partial charge in [-0.1, -0.05) is 0 Å². The van der Waals surface area contributed by atoms with Crippen molar-refractivity contribution in [1.82, 2.24) is 14.9 Å². The summed E-state index contributed by atoms with van der Waals surface area (Å²) in [7, 11) is 0. The second-order valence-corrected chi connectivity index (χ2v) is 4.37. The molecule has 0 aromatic carbocycles. The van der Waals surface area contributed by atoms with Gasteiger partial charge in [0.2, 0.25) is 5.82 Å². The monoisotopic (exact) mass is 272 g/mol. The van der Waals surface area contributed by atoms with Crippen LogP contribution in [-0.4, -0.2) is 32.7 Å². The third kappa shape index (κ3) is 1.65. The molecule has 1 aliphatic heterocycles. The first-order chi connectivity index (χ1) is 8.80. The molecule has 3 rings (SSSR count). The zero-order valence-corrected chi connectivity index (χ0v) is 9.36. The Labute approximate surface area is 104 Å². The van der Waals surface area contributed by atoms with Crippen molar-refractivity contribution in [2.45, 2.75) is 25.1 Å². The molecule has 0 bridgehead atoms. The number of nitrogens with two attached hydrogens (primary N) is 1. The van der Waals surface area contributed by atoms with Crippen molar-refractivity contribution >= 4 is 17.6 Å². The van der Waals surface area contributed by atoms with Crippen LogP contribution in [-0.2, 0) is 6.18 Å². The van der Waals surface area contributed by atoms with Gasteiger partial charge in [-0.2, -0.15) is 13.2 Å². The van der Waals surface area contributed by atoms with Crippen molar-refractivity contribution in [2.24, 2.45) is 0 Å². The predicted octanol–water partition coefficient (Wildman–Crippen LogP) is 0.836. The molecule has 2 aliphatic rings. The highest BCUT2D eigenvalue weighted by Crippen LogP contribution is 2.37. The van der Waals surface area contributed by atoms with E-state index in [1.165, 1.54) is 0 Å². The molecule has 0 saturated heterocycles. The molecule has 2 heterocycles. The summed E-state index contributed by atoms with van der Waals surface area (Å²) in [5.74, 6) is -3.67. The van der Waals surface area contributed by atoms with Gasteiger partial charge in [0.15, 0.2) is 0 Å². The maximum atomic E-state index is 12.5. The van der Waals surface area contributed by atoms with Gasteiger partial charge in [0.25, 0.3) is 11.8 Å². The quantitative estimate of drug-likeness (QED) is 0.765. The van der Waals surface area contributed by atoms with Crippen LogP contribution in [0.25, 0.3) is 0 Å². The van der Waals surface area contributed by atoms with Gasteiger partial charge >= 0.3 is 6.18 Å². The zero-order chi connectivity index (χ0) is 13.9. The van der Waals surface area contributed by atoms with E-state index in [-0.39, 0.29) is 11.6 Å². The van der Waals surface area contributed by atoms with E-state index in [4.69, 9.17) is 5.73 Å². The number of carbonyl (C=O) groups excluding carboxylic acids is 2. The fourth-order valence-electron chi connectivity index (χ4n) is 1.96. The molecule has 6 nitrogen and oxygen atoms in total. The van der Waals surface area contributed by atoms with Gasteiger partial charge in [0, 0.05) is 6.04 Å². The number of alkyl halides is 3. The molecule has 9 heteroatoms. The predicted molar refractivity (Wildman–Crippen MR) is 55.0 cm³/mol. The van der Waals surface area contributed by atoms with E-state index >= 15 is 0 Å². The Bertz CT molecular complexity index is 610. The first kappa shape index (κ1) is 11.9. The molecule has 2 amide bonds. The summed E-state index contributed by atoms with van der Waals surface area (Å²) in [5.41, 5.74) is 4.47. The fourth-order valence-corrected chi connectivity index (χ4v) is 1.96. The molecule has 19 heavy (non-hydrogen) atoms. The minimum atomic E-state index is -4.82. The van der Waals surface area contributed by atoms with E-state index in [0.29, 0.717) is 12.8 Å². The standard InChI is InChI=1S/C10H7F3N4O2/c11-10(12,13)9-15-5-4(6(14)16-9)7(18)17(8(5)19)3-1-2-3/h3H,1-2H2,(H2,14,15,16). The number of hydrogen-bond donors (Lipinski definition) is 1. The van der Waals surface area contributed by atoms with E-state index in [1.807, 2.05) is 0 Å². The van der Waals surface area contributed by atoms with Crippen LogP contribution < -0.4 is 5.73 Å². The highest BCUT2D eigenvalue weighted by Gasteiger charge is 2.48. The third-order valence-corrected chi connectivity index (χ3v) is 2.96. The molecular weight excluding hydrogens is 265 g/mol. The van der Waals surface area contributed by atoms with Crippen LogP contribution in [0, 0.1) is 0 Å². The second-order valence-electron chi connectivity index (χ2n) is 4.37. The Kier molecular flexibility index (Phi) is 2.14. The Balaban J connectivity index is 2.15. The number of amides is 2. The summed E-state index contributed by atoms with van der Waals surface area (Å²) in [6, 6.07) is -0.261. The first-order valence-corrected chi connectivity index (χ1v) is 5.43. The van der Waals surface area contributed by atoms with Gasteiger partial charge < -0.3 is 5.73 Å². The Morgan fingerprint density at radius 3 is 2.32 bits per heavy atom. The van der Waals surface area contributed by atoms with Gasteiger partial charge in [0.1, 0.15) is 17.1 Å². The normalized spacial score (nSPS) is 19.0. The average Bonchev–Trinajstić information content (AvgIpc) is 3.07. The number of halogens is 3. The van der Waals surface area contributed by atoms with E-state index in [2.05, 4.69) is 9.97 Å². The first-order valence-electron chi connectivity index (χ1n) is 5.43. The SMILES string of the molecule is Nc1nc(C(F)(F)F)nc2c1C(=O)N(C1CC1)C2=O. The van der Waals surface area contributed by atoms with Crippen molar-refractivity contribution in [3.05, 3.63) is 17.1 Å². The highest BCUT2D eigenvalue weighted by atomic mass is 19.4. The van der Waals surface area contributed by atoms with E-state index in [1.54, 1.807) is 0 Å². The number of rotatable bonds is 1. The Morgan fingerprint density at radius 1 is 1.16 bits per heavy atom. The van der Waals surface area contributed by atoms with Crippen molar-refractivity contribution in [3.63, 3.8) is 0 Å². The van der Waals surface area contributed by atoms with Crippen LogP contribution in [0.15, 0.2) is 0 Å². The lowest BCUT2D eigenvalue weighted by Crippen LogP contribution is -2.32. The number of aromatic nitrogens is 2. The van der Waals surface area contributed by atoms with Gasteiger partial charge in [-0.15, -0.1) is 0 Å². The number of carbonyl (C=O) groups is 2. The minimum absolute atomic E-state index is 0.261. The molecular formula is C10H7F3N4O2.